The van der Waals surface area contributed by atoms with Crippen molar-refractivity contribution in [2.45, 2.75) is 37.8 Å². The van der Waals surface area contributed by atoms with Crippen molar-refractivity contribution in [1.82, 2.24) is 9.80 Å². The topological polar surface area (TPSA) is 23.6 Å². The van der Waals surface area contributed by atoms with E-state index in [1.54, 1.807) is 18.2 Å². The molecular weight excluding hydrogens is 307 g/mol. The lowest BCUT2D eigenvalue weighted by molar-refractivity contribution is 0.0544. The molecule has 3 nitrogen and oxygen atoms in total. The molecule has 2 atom stereocenters. The summed E-state index contributed by atoms with van der Waals surface area (Å²) in [6.45, 7) is 0. The van der Waals surface area contributed by atoms with Gasteiger partial charge in [0.2, 0.25) is 0 Å². The lowest BCUT2D eigenvalue weighted by Gasteiger charge is -2.41. The first kappa shape index (κ1) is 16.6. The lowest BCUT2D eigenvalue weighted by atomic mass is 9.88. The fourth-order valence-electron chi connectivity index (χ4n) is 3.13. The average Bonchev–Trinajstić information content (AvgIpc) is 2.48. The molecule has 0 saturated heterocycles. The zero-order valence-corrected chi connectivity index (χ0v) is 14.3. The summed E-state index contributed by atoms with van der Waals surface area (Å²) in [5, 5.41) is 0.892. The highest BCUT2D eigenvalue weighted by Gasteiger charge is 2.32. The number of hydrogen-bond donors (Lipinski definition) is 0. The van der Waals surface area contributed by atoms with Crippen LogP contribution in [0, 0.1) is 0 Å². The van der Waals surface area contributed by atoms with E-state index in [1.807, 2.05) is 11.9 Å². The molecule has 1 aromatic carbocycles. The first-order valence-electron chi connectivity index (χ1n) is 7.30. The van der Waals surface area contributed by atoms with Crippen molar-refractivity contribution in [3.8, 4) is 0 Å². The minimum atomic E-state index is 0.00677. The molecule has 1 amide bonds. The van der Waals surface area contributed by atoms with Gasteiger partial charge in [0.05, 0.1) is 10.0 Å². The predicted molar refractivity (Wildman–Crippen MR) is 88.3 cm³/mol. The minimum Gasteiger partial charge on any atom is -0.337 e. The van der Waals surface area contributed by atoms with Gasteiger partial charge in [-0.05, 0) is 45.1 Å². The van der Waals surface area contributed by atoms with E-state index in [0.717, 1.165) is 12.8 Å². The van der Waals surface area contributed by atoms with Gasteiger partial charge in [-0.2, -0.15) is 0 Å². The van der Waals surface area contributed by atoms with Gasteiger partial charge in [0.1, 0.15) is 0 Å². The predicted octanol–water partition coefficient (Wildman–Crippen LogP) is 3.94. The van der Waals surface area contributed by atoms with Gasteiger partial charge in [0.25, 0.3) is 5.91 Å². The van der Waals surface area contributed by atoms with Gasteiger partial charge in [0.15, 0.2) is 0 Å². The number of carbonyl (C=O) groups is 1. The standard InChI is InChI=1S/C16H22Cl2N2O/c1-19(2)14-6-4-5-7-15(14)20(3)16(21)11-8-9-12(17)13(18)10-11/h8-10,14-15H,4-7H2,1-3H3/t14-,15-/m1/s1. The molecule has 5 heteroatoms. The van der Waals surface area contributed by atoms with Gasteiger partial charge >= 0.3 is 0 Å². The molecule has 1 fully saturated rings. The quantitative estimate of drug-likeness (QED) is 0.839. The van der Waals surface area contributed by atoms with Crippen molar-refractivity contribution in [3.05, 3.63) is 33.8 Å². The second-order valence-electron chi connectivity index (χ2n) is 5.93. The molecule has 0 unspecified atom stereocenters. The third-order valence-electron chi connectivity index (χ3n) is 4.34. The molecule has 21 heavy (non-hydrogen) atoms. The molecule has 0 aliphatic heterocycles. The molecular formula is C16H22Cl2N2O. The maximum atomic E-state index is 12.7. The van der Waals surface area contributed by atoms with Crippen LogP contribution >= 0.6 is 23.2 Å². The van der Waals surface area contributed by atoms with Crippen LogP contribution in [0.25, 0.3) is 0 Å². The summed E-state index contributed by atoms with van der Waals surface area (Å²) in [4.78, 5) is 16.8. The van der Waals surface area contributed by atoms with E-state index in [2.05, 4.69) is 19.0 Å². The monoisotopic (exact) mass is 328 g/mol. The van der Waals surface area contributed by atoms with Gasteiger partial charge in [-0.1, -0.05) is 36.0 Å². The van der Waals surface area contributed by atoms with Crippen LogP contribution in [0.2, 0.25) is 10.0 Å². The van der Waals surface area contributed by atoms with Crippen LogP contribution in [0.4, 0.5) is 0 Å². The van der Waals surface area contributed by atoms with Crippen LogP contribution in [0.15, 0.2) is 18.2 Å². The molecule has 2 rings (SSSR count). The Balaban J connectivity index is 2.18. The lowest BCUT2D eigenvalue weighted by Crippen LogP contribution is -2.51. The number of hydrogen-bond acceptors (Lipinski definition) is 2. The summed E-state index contributed by atoms with van der Waals surface area (Å²) < 4.78 is 0. The second-order valence-corrected chi connectivity index (χ2v) is 6.74. The molecule has 1 aliphatic carbocycles. The number of benzene rings is 1. The Morgan fingerprint density at radius 3 is 2.24 bits per heavy atom. The summed E-state index contributed by atoms with van der Waals surface area (Å²) in [6, 6.07) is 5.72. The molecule has 116 valence electrons. The smallest absolute Gasteiger partial charge is 0.253 e. The fourth-order valence-corrected chi connectivity index (χ4v) is 3.43. The number of rotatable bonds is 3. The van der Waals surface area contributed by atoms with E-state index in [4.69, 9.17) is 23.2 Å². The molecule has 0 bridgehead atoms. The van der Waals surface area contributed by atoms with E-state index in [0.29, 0.717) is 21.7 Å². The first-order valence-corrected chi connectivity index (χ1v) is 8.06. The van der Waals surface area contributed by atoms with Gasteiger partial charge in [-0.15, -0.1) is 0 Å². The zero-order chi connectivity index (χ0) is 15.6. The van der Waals surface area contributed by atoms with Crippen molar-refractivity contribution in [2.75, 3.05) is 21.1 Å². The molecule has 0 aromatic heterocycles. The van der Waals surface area contributed by atoms with E-state index in [-0.39, 0.29) is 11.9 Å². The molecule has 1 aliphatic rings. The zero-order valence-electron chi connectivity index (χ0n) is 12.8. The molecule has 0 heterocycles. The molecule has 0 radical (unpaired) electrons. The van der Waals surface area contributed by atoms with Crippen LogP contribution in [-0.2, 0) is 0 Å². The highest BCUT2D eigenvalue weighted by Crippen LogP contribution is 2.28. The highest BCUT2D eigenvalue weighted by atomic mass is 35.5. The Hall–Kier alpha value is -0.770. The van der Waals surface area contributed by atoms with Crippen molar-refractivity contribution in [1.29, 1.82) is 0 Å². The van der Waals surface area contributed by atoms with Crippen LogP contribution in [0.1, 0.15) is 36.0 Å². The summed E-state index contributed by atoms with van der Waals surface area (Å²) in [7, 11) is 6.05. The van der Waals surface area contributed by atoms with Crippen molar-refractivity contribution in [2.24, 2.45) is 0 Å². The second kappa shape index (κ2) is 6.99. The van der Waals surface area contributed by atoms with Crippen LogP contribution < -0.4 is 0 Å². The van der Waals surface area contributed by atoms with E-state index >= 15 is 0 Å². The van der Waals surface area contributed by atoms with Crippen molar-refractivity contribution >= 4 is 29.1 Å². The maximum Gasteiger partial charge on any atom is 0.253 e. The highest BCUT2D eigenvalue weighted by molar-refractivity contribution is 6.42. The molecule has 0 spiro atoms. The Bertz CT molecular complexity index is 519. The maximum absolute atomic E-state index is 12.7. The summed E-state index contributed by atoms with van der Waals surface area (Å²) in [6.07, 6.45) is 4.59. The average molecular weight is 329 g/mol. The third-order valence-corrected chi connectivity index (χ3v) is 5.08. The molecule has 1 saturated carbocycles. The van der Waals surface area contributed by atoms with Gasteiger partial charge in [-0.3, -0.25) is 4.79 Å². The van der Waals surface area contributed by atoms with Gasteiger partial charge in [0, 0.05) is 24.7 Å². The van der Waals surface area contributed by atoms with E-state index in [9.17, 15) is 4.79 Å². The Kier molecular flexibility index (Phi) is 5.53. The Labute approximate surface area is 136 Å². The number of nitrogens with zero attached hydrogens (tertiary/aromatic N) is 2. The van der Waals surface area contributed by atoms with Crippen molar-refractivity contribution < 1.29 is 4.79 Å². The molecule has 1 aromatic rings. The number of carbonyl (C=O) groups excluding carboxylic acids is 1. The fraction of sp³-hybridized carbons (Fsp3) is 0.562. The summed E-state index contributed by atoms with van der Waals surface area (Å²) in [5.74, 6) is 0.00677. The van der Waals surface area contributed by atoms with E-state index < -0.39 is 0 Å². The summed E-state index contributed by atoms with van der Waals surface area (Å²) in [5.41, 5.74) is 0.593. The number of amides is 1. The van der Waals surface area contributed by atoms with Gasteiger partial charge in [-0.25, -0.2) is 0 Å². The van der Waals surface area contributed by atoms with Crippen molar-refractivity contribution in [3.63, 3.8) is 0 Å². The largest absolute Gasteiger partial charge is 0.337 e. The number of halogens is 2. The Morgan fingerprint density at radius 2 is 1.67 bits per heavy atom. The van der Waals surface area contributed by atoms with Gasteiger partial charge < -0.3 is 9.80 Å². The SMILES string of the molecule is CN(C)[C@@H]1CCCC[C@H]1N(C)C(=O)c1ccc(Cl)c(Cl)c1. The third kappa shape index (κ3) is 3.71. The van der Waals surface area contributed by atoms with Crippen LogP contribution in [0.5, 0.6) is 0 Å². The van der Waals surface area contributed by atoms with E-state index in [1.165, 1.54) is 12.8 Å². The summed E-state index contributed by atoms with van der Waals surface area (Å²) >= 11 is 11.9. The van der Waals surface area contributed by atoms with Crippen LogP contribution in [-0.4, -0.2) is 48.9 Å². The normalized spacial score (nSPS) is 22.4. The first-order chi connectivity index (χ1) is 9.91. The minimum absolute atomic E-state index is 0.00677. The Morgan fingerprint density at radius 1 is 1.05 bits per heavy atom. The number of likely N-dealkylation sites (N-methyl/N-ethyl adjacent to an activating group) is 2. The molecule has 0 N–H and O–H groups in total. The van der Waals surface area contributed by atoms with Crippen LogP contribution in [0.3, 0.4) is 0 Å².